The standard InChI is InChI=1S/C13H22O/c1-3-12-5-10-4-11(6-12)8-13(7-10,9-12)14-2/h10-11H,3-9H2,1-2H3. The van der Waals surface area contributed by atoms with Crippen LogP contribution in [0.2, 0.25) is 0 Å². The lowest BCUT2D eigenvalue weighted by Crippen LogP contribution is -2.56. The molecule has 4 fully saturated rings. The van der Waals surface area contributed by atoms with Crippen LogP contribution in [-0.2, 0) is 4.74 Å². The van der Waals surface area contributed by atoms with Crippen LogP contribution in [0.15, 0.2) is 0 Å². The molecule has 0 aliphatic heterocycles. The van der Waals surface area contributed by atoms with E-state index < -0.39 is 0 Å². The Morgan fingerprint density at radius 3 is 2.29 bits per heavy atom. The van der Waals surface area contributed by atoms with Gasteiger partial charge in [-0.25, -0.2) is 0 Å². The van der Waals surface area contributed by atoms with Crippen molar-refractivity contribution in [3.05, 3.63) is 0 Å². The highest BCUT2D eigenvalue weighted by Crippen LogP contribution is 2.63. The fourth-order valence-corrected chi connectivity index (χ4v) is 5.02. The predicted molar refractivity (Wildman–Crippen MR) is 57.1 cm³/mol. The van der Waals surface area contributed by atoms with E-state index in [1.807, 2.05) is 7.11 Å². The minimum Gasteiger partial charge on any atom is -0.378 e. The second kappa shape index (κ2) is 2.75. The highest BCUT2D eigenvalue weighted by atomic mass is 16.5. The van der Waals surface area contributed by atoms with Crippen LogP contribution in [0, 0.1) is 17.3 Å². The molecule has 1 heteroatoms. The van der Waals surface area contributed by atoms with E-state index in [1.54, 1.807) is 0 Å². The van der Waals surface area contributed by atoms with Crippen molar-refractivity contribution >= 4 is 0 Å². The van der Waals surface area contributed by atoms with Crippen molar-refractivity contribution in [3.8, 4) is 0 Å². The predicted octanol–water partition coefficient (Wildman–Crippen LogP) is 3.38. The first-order valence-corrected chi connectivity index (χ1v) is 6.24. The zero-order valence-electron chi connectivity index (χ0n) is 9.51. The van der Waals surface area contributed by atoms with Crippen molar-refractivity contribution in [2.45, 2.75) is 57.5 Å². The number of hydrogen-bond donors (Lipinski definition) is 0. The van der Waals surface area contributed by atoms with Crippen LogP contribution in [0.25, 0.3) is 0 Å². The van der Waals surface area contributed by atoms with E-state index in [-0.39, 0.29) is 0 Å². The largest absolute Gasteiger partial charge is 0.378 e. The van der Waals surface area contributed by atoms with Crippen LogP contribution in [0.3, 0.4) is 0 Å². The molecule has 0 aromatic carbocycles. The summed E-state index contributed by atoms with van der Waals surface area (Å²) in [5.41, 5.74) is 0.986. The fourth-order valence-electron chi connectivity index (χ4n) is 5.02. The third kappa shape index (κ3) is 1.11. The van der Waals surface area contributed by atoms with Gasteiger partial charge in [-0.3, -0.25) is 0 Å². The molecule has 0 amide bonds. The van der Waals surface area contributed by atoms with Crippen molar-refractivity contribution in [1.29, 1.82) is 0 Å². The van der Waals surface area contributed by atoms with E-state index in [0.717, 1.165) is 11.8 Å². The molecule has 4 saturated carbocycles. The van der Waals surface area contributed by atoms with E-state index in [0.29, 0.717) is 11.0 Å². The molecule has 4 rings (SSSR count). The van der Waals surface area contributed by atoms with Crippen molar-refractivity contribution in [2.24, 2.45) is 17.3 Å². The molecule has 80 valence electrons. The summed E-state index contributed by atoms with van der Waals surface area (Å²) >= 11 is 0. The van der Waals surface area contributed by atoms with Crippen molar-refractivity contribution in [2.75, 3.05) is 7.11 Å². The van der Waals surface area contributed by atoms with E-state index >= 15 is 0 Å². The van der Waals surface area contributed by atoms with E-state index in [4.69, 9.17) is 4.74 Å². The van der Waals surface area contributed by atoms with Gasteiger partial charge in [0.05, 0.1) is 5.60 Å². The molecule has 0 heterocycles. The van der Waals surface area contributed by atoms with Gasteiger partial charge in [0.15, 0.2) is 0 Å². The van der Waals surface area contributed by atoms with Gasteiger partial charge in [0, 0.05) is 7.11 Å². The molecule has 0 radical (unpaired) electrons. The molecule has 2 atom stereocenters. The average molecular weight is 194 g/mol. The molecule has 0 N–H and O–H groups in total. The first-order valence-electron chi connectivity index (χ1n) is 6.24. The zero-order chi connectivity index (χ0) is 9.81. The van der Waals surface area contributed by atoms with Crippen molar-refractivity contribution in [1.82, 2.24) is 0 Å². The summed E-state index contributed by atoms with van der Waals surface area (Å²) in [6.07, 6.45) is 9.98. The maximum absolute atomic E-state index is 5.88. The van der Waals surface area contributed by atoms with E-state index in [2.05, 4.69) is 6.92 Å². The Hall–Kier alpha value is -0.0400. The smallest absolute Gasteiger partial charge is 0.0689 e. The zero-order valence-corrected chi connectivity index (χ0v) is 9.51. The summed E-state index contributed by atoms with van der Waals surface area (Å²) < 4.78 is 5.88. The molecule has 0 aromatic heterocycles. The van der Waals surface area contributed by atoms with Gasteiger partial charge in [0.25, 0.3) is 0 Å². The van der Waals surface area contributed by atoms with Crippen LogP contribution < -0.4 is 0 Å². The Kier molecular flexibility index (Phi) is 1.81. The average Bonchev–Trinajstić information content (AvgIpc) is 2.16. The van der Waals surface area contributed by atoms with Gasteiger partial charge < -0.3 is 4.74 Å². The van der Waals surface area contributed by atoms with Crippen LogP contribution in [0.1, 0.15) is 51.9 Å². The van der Waals surface area contributed by atoms with Gasteiger partial charge in [-0.2, -0.15) is 0 Å². The SMILES string of the molecule is CCC12CC3CC(C1)CC(OC)(C3)C2. The Morgan fingerprint density at radius 1 is 1.14 bits per heavy atom. The molecule has 4 aliphatic carbocycles. The fraction of sp³-hybridized carbons (Fsp3) is 1.00. The molecule has 4 bridgehead atoms. The molecular weight excluding hydrogens is 172 g/mol. The second-order valence-corrected chi connectivity index (χ2v) is 6.20. The van der Waals surface area contributed by atoms with Gasteiger partial charge in [0.1, 0.15) is 0 Å². The lowest BCUT2D eigenvalue weighted by atomic mass is 9.47. The van der Waals surface area contributed by atoms with Crippen molar-refractivity contribution in [3.63, 3.8) is 0 Å². The number of rotatable bonds is 2. The van der Waals surface area contributed by atoms with E-state index in [9.17, 15) is 0 Å². The van der Waals surface area contributed by atoms with Crippen molar-refractivity contribution < 1.29 is 4.74 Å². The van der Waals surface area contributed by atoms with Gasteiger partial charge in [0.2, 0.25) is 0 Å². The number of methoxy groups -OCH3 is 1. The first-order chi connectivity index (χ1) is 6.69. The molecule has 0 aromatic rings. The normalized spacial score (nSPS) is 55.3. The first kappa shape index (κ1) is 9.21. The number of hydrogen-bond acceptors (Lipinski definition) is 1. The summed E-state index contributed by atoms with van der Waals surface area (Å²) in [4.78, 5) is 0. The Bertz CT molecular complexity index is 210. The quantitative estimate of drug-likeness (QED) is 0.655. The molecule has 1 nitrogen and oxygen atoms in total. The van der Waals surface area contributed by atoms with E-state index in [1.165, 1.54) is 44.9 Å². The Balaban J connectivity index is 1.94. The topological polar surface area (TPSA) is 9.23 Å². The van der Waals surface area contributed by atoms with Crippen LogP contribution in [0.4, 0.5) is 0 Å². The Labute approximate surface area is 87.2 Å². The molecule has 4 aliphatic rings. The lowest BCUT2D eigenvalue weighted by Gasteiger charge is -2.61. The molecule has 0 spiro atoms. The van der Waals surface area contributed by atoms with Gasteiger partial charge >= 0.3 is 0 Å². The molecule has 0 saturated heterocycles. The van der Waals surface area contributed by atoms with Gasteiger partial charge in [-0.05, 0) is 55.8 Å². The van der Waals surface area contributed by atoms with Crippen LogP contribution in [0.5, 0.6) is 0 Å². The van der Waals surface area contributed by atoms with Crippen LogP contribution >= 0.6 is 0 Å². The molecular formula is C13H22O. The third-order valence-corrected chi connectivity index (χ3v) is 5.31. The van der Waals surface area contributed by atoms with Gasteiger partial charge in [-0.1, -0.05) is 13.3 Å². The second-order valence-electron chi connectivity index (χ2n) is 6.20. The van der Waals surface area contributed by atoms with Gasteiger partial charge in [-0.15, -0.1) is 0 Å². The lowest BCUT2D eigenvalue weighted by molar-refractivity contribution is -0.180. The summed E-state index contributed by atoms with van der Waals surface area (Å²) in [7, 11) is 1.94. The number of ether oxygens (including phenoxy) is 1. The minimum atomic E-state index is 0.306. The minimum absolute atomic E-state index is 0.306. The maximum Gasteiger partial charge on any atom is 0.0689 e. The molecule has 14 heavy (non-hydrogen) atoms. The third-order valence-electron chi connectivity index (χ3n) is 5.31. The highest BCUT2D eigenvalue weighted by Gasteiger charge is 2.57. The summed E-state index contributed by atoms with van der Waals surface area (Å²) in [6.45, 7) is 2.39. The van der Waals surface area contributed by atoms with Crippen LogP contribution in [-0.4, -0.2) is 12.7 Å². The highest BCUT2D eigenvalue weighted by molar-refractivity contribution is 5.08. The monoisotopic (exact) mass is 194 g/mol. The maximum atomic E-state index is 5.88. The summed E-state index contributed by atoms with van der Waals surface area (Å²) in [5, 5.41) is 0. The molecule has 2 unspecified atom stereocenters. The summed E-state index contributed by atoms with van der Waals surface area (Å²) in [6, 6.07) is 0. The Morgan fingerprint density at radius 2 is 1.79 bits per heavy atom. The summed E-state index contributed by atoms with van der Waals surface area (Å²) in [5.74, 6) is 1.99.